The van der Waals surface area contributed by atoms with Crippen molar-refractivity contribution in [3.8, 4) is 0 Å². The molecule has 2 rings (SSSR count). The highest BCUT2D eigenvalue weighted by Gasteiger charge is 2.19. The van der Waals surface area contributed by atoms with Gasteiger partial charge in [-0.1, -0.05) is 0 Å². The van der Waals surface area contributed by atoms with Crippen molar-refractivity contribution in [3.05, 3.63) is 29.8 Å². The van der Waals surface area contributed by atoms with Crippen molar-refractivity contribution in [3.63, 3.8) is 0 Å². The van der Waals surface area contributed by atoms with Gasteiger partial charge >= 0.3 is 0 Å². The van der Waals surface area contributed by atoms with Crippen molar-refractivity contribution in [1.82, 2.24) is 9.55 Å². The number of nitrogens with zero attached hydrogens (tertiary/aromatic N) is 2. The van der Waals surface area contributed by atoms with Crippen molar-refractivity contribution >= 4 is 28.5 Å². The molecule has 0 fully saturated rings. The van der Waals surface area contributed by atoms with Crippen LogP contribution in [0.15, 0.2) is 18.2 Å². The number of halogens is 2. The molecule has 1 atom stereocenters. The van der Waals surface area contributed by atoms with Gasteiger partial charge in [-0.15, -0.1) is 11.6 Å². The Kier molecular flexibility index (Phi) is 3.02. The van der Waals surface area contributed by atoms with Crippen LogP contribution in [0, 0.1) is 5.82 Å². The molecule has 1 heterocycles. The third kappa shape index (κ3) is 1.98. The van der Waals surface area contributed by atoms with Crippen LogP contribution >= 0.6 is 11.6 Å². The number of primary amides is 1. The Labute approximate surface area is 102 Å². The lowest BCUT2D eigenvalue weighted by atomic mass is 10.2. The van der Waals surface area contributed by atoms with E-state index in [0.29, 0.717) is 16.9 Å². The second-order valence-electron chi connectivity index (χ2n) is 3.74. The summed E-state index contributed by atoms with van der Waals surface area (Å²) in [6, 6.07) is 3.56. The molecule has 4 nitrogen and oxygen atoms in total. The highest BCUT2D eigenvalue weighted by molar-refractivity contribution is 6.16. The van der Waals surface area contributed by atoms with Crippen molar-refractivity contribution in [1.29, 1.82) is 0 Å². The van der Waals surface area contributed by atoms with Gasteiger partial charge in [0.15, 0.2) is 0 Å². The van der Waals surface area contributed by atoms with Crippen LogP contribution in [0.4, 0.5) is 4.39 Å². The maximum absolute atomic E-state index is 13.2. The molecule has 0 spiro atoms. The summed E-state index contributed by atoms with van der Waals surface area (Å²) in [4.78, 5) is 15.5. The van der Waals surface area contributed by atoms with Crippen LogP contribution in [-0.4, -0.2) is 15.5 Å². The molecule has 1 aromatic heterocycles. The maximum Gasteiger partial charge on any atom is 0.240 e. The zero-order valence-electron chi connectivity index (χ0n) is 9.15. The zero-order valence-corrected chi connectivity index (χ0v) is 9.91. The first-order chi connectivity index (χ1) is 8.04. The number of carbonyl (C=O) groups excluding carboxylic acids is 1. The number of hydrogen-bond acceptors (Lipinski definition) is 2. The van der Waals surface area contributed by atoms with Crippen molar-refractivity contribution < 1.29 is 9.18 Å². The molecule has 0 saturated heterocycles. The first-order valence-electron chi connectivity index (χ1n) is 5.06. The number of amides is 1. The van der Waals surface area contributed by atoms with Gasteiger partial charge in [0.2, 0.25) is 5.91 Å². The van der Waals surface area contributed by atoms with Crippen molar-refractivity contribution in [2.24, 2.45) is 5.73 Å². The summed E-state index contributed by atoms with van der Waals surface area (Å²) < 4.78 is 14.8. The summed E-state index contributed by atoms with van der Waals surface area (Å²) in [5.74, 6) is -0.275. The molecule has 1 unspecified atom stereocenters. The van der Waals surface area contributed by atoms with Gasteiger partial charge in [-0.05, 0) is 25.1 Å². The van der Waals surface area contributed by atoms with Gasteiger partial charge in [-0.3, -0.25) is 4.79 Å². The molecule has 90 valence electrons. The minimum absolute atomic E-state index is 0.133. The van der Waals surface area contributed by atoms with Gasteiger partial charge in [0, 0.05) is 0 Å². The predicted octanol–water partition coefficient (Wildman–Crippen LogP) is 1.96. The summed E-state index contributed by atoms with van der Waals surface area (Å²) in [6.07, 6.45) is 0. The second-order valence-corrected chi connectivity index (χ2v) is 4.01. The highest BCUT2D eigenvalue weighted by atomic mass is 35.5. The number of carbonyl (C=O) groups is 1. The number of nitrogens with two attached hydrogens (primary N) is 1. The van der Waals surface area contributed by atoms with E-state index in [4.69, 9.17) is 17.3 Å². The summed E-state index contributed by atoms with van der Waals surface area (Å²) in [7, 11) is 0. The third-order valence-electron chi connectivity index (χ3n) is 2.64. The van der Waals surface area contributed by atoms with Crippen LogP contribution in [0.3, 0.4) is 0 Å². The Morgan fingerprint density at radius 1 is 1.65 bits per heavy atom. The first kappa shape index (κ1) is 11.9. The van der Waals surface area contributed by atoms with E-state index < -0.39 is 17.8 Å². The molecule has 0 bridgehead atoms. The quantitative estimate of drug-likeness (QED) is 0.853. The number of imidazole rings is 1. The second kappa shape index (κ2) is 4.33. The molecule has 17 heavy (non-hydrogen) atoms. The van der Waals surface area contributed by atoms with Gasteiger partial charge in [0.1, 0.15) is 17.7 Å². The zero-order chi connectivity index (χ0) is 12.6. The largest absolute Gasteiger partial charge is 0.368 e. The molecule has 0 saturated carbocycles. The predicted molar refractivity (Wildman–Crippen MR) is 63.2 cm³/mol. The number of fused-ring (bicyclic) bond motifs is 1. The minimum Gasteiger partial charge on any atom is -0.368 e. The lowest BCUT2D eigenvalue weighted by molar-refractivity contribution is -0.120. The molecule has 1 aromatic carbocycles. The summed E-state index contributed by atoms with van der Waals surface area (Å²) in [5.41, 5.74) is 6.37. The third-order valence-corrected chi connectivity index (χ3v) is 2.88. The van der Waals surface area contributed by atoms with Crippen LogP contribution < -0.4 is 5.73 Å². The number of rotatable bonds is 3. The van der Waals surface area contributed by atoms with E-state index >= 15 is 0 Å². The highest BCUT2D eigenvalue weighted by Crippen LogP contribution is 2.23. The SMILES string of the molecule is CC(C(N)=O)n1c(CCl)nc2ccc(F)cc21. The lowest BCUT2D eigenvalue weighted by Gasteiger charge is -2.13. The molecular formula is C11H11ClFN3O. The van der Waals surface area contributed by atoms with E-state index in [1.165, 1.54) is 12.1 Å². The fourth-order valence-electron chi connectivity index (χ4n) is 1.77. The smallest absolute Gasteiger partial charge is 0.240 e. The lowest BCUT2D eigenvalue weighted by Crippen LogP contribution is -2.25. The minimum atomic E-state index is -0.615. The molecule has 0 radical (unpaired) electrons. The summed E-state index contributed by atoms with van der Waals surface area (Å²) in [6.45, 7) is 1.63. The van der Waals surface area contributed by atoms with Crippen molar-refractivity contribution in [2.45, 2.75) is 18.8 Å². The fourth-order valence-corrected chi connectivity index (χ4v) is 1.96. The van der Waals surface area contributed by atoms with E-state index in [-0.39, 0.29) is 5.88 Å². The molecular weight excluding hydrogens is 245 g/mol. The normalized spacial score (nSPS) is 12.9. The van der Waals surface area contributed by atoms with Crippen LogP contribution in [0.25, 0.3) is 11.0 Å². The van der Waals surface area contributed by atoms with E-state index in [0.717, 1.165) is 0 Å². The summed E-state index contributed by atoms with van der Waals surface area (Å²) >= 11 is 5.76. The number of alkyl halides is 1. The Hall–Kier alpha value is -1.62. The van der Waals surface area contributed by atoms with E-state index in [2.05, 4.69) is 4.98 Å². The Balaban J connectivity index is 2.72. The van der Waals surface area contributed by atoms with Crippen LogP contribution in [0.2, 0.25) is 0 Å². The number of benzene rings is 1. The Morgan fingerprint density at radius 2 is 2.35 bits per heavy atom. The number of aromatic nitrogens is 2. The number of hydrogen-bond donors (Lipinski definition) is 1. The van der Waals surface area contributed by atoms with Gasteiger partial charge in [-0.25, -0.2) is 9.37 Å². The van der Waals surface area contributed by atoms with Crippen LogP contribution in [-0.2, 0) is 10.7 Å². The van der Waals surface area contributed by atoms with Crippen LogP contribution in [0.1, 0.15) is 18.8 Å². The van der Waals surface area contributed by atoms with E-state index in [1.54, 1.807) is 17.6 Å². The van der Waals surface area contributed by atoms with Gasteiger partial charge in [0.25, 0.3) is 0 Å². The Bertz CT molecular complexity index is 581. The summed E-state index contributed by atoms with van der Waals surface area (Å²) in [5, 5.41) is 0. The molecule has 6 heteroatoms. The Morgan fingerprint density at radius 3 is 2.94 bits per heavy atom. The topological polar surface area (TPSA) is 60.9 Å². The molecule has 2 aromatic rings. The average Bonchev–Trinajstić information content (AvgIpc) is 2.65. The van der Waals surface area contributed by atoms with E-state index in [1.807, 2.05) is 0 Å². The monoisotopic (exact) mass is 255 g/mol. The molecule has 1 amide bonds. The van der Waals surface area contributed by atoms with Gasteiger partial charge in [-0.2, -0.15) is 0 Å². The molecule has 0 aliphatic carbocycles. The van der Waals surface area contributed by atoms with Gasteiger partial charge < -0.3 is 10.3 Å². The first-order valence-corrected chi connectivity index (χ1v) is 5.59. The standard InChI is InChI=1S/C11H11ClFN3O/c1-6(11(14)17)16-9-4-7(13)2-3-8(9)15-10(16)5-12/h2-4,6H,5H2,1H3,(H2,14,17). The average molecular weight is 256 g/mol. The van der Waals surface area contributed by atoms with Crippen molar-refractivity contribution in [2.75, 3.05) is 0 Å². The van der Waals surface area contributed by atoms with E-state index in [9.17, 15) is 9.18 Å². The van der Waals surface area contributed by atoms with Gasteiger partial charge in [0.05, 0.1) is 16.9 Å². The molecule has 2 N–H and O–H groups in total. The molecule has 0 aliphatic rings. The molecule has 0 aliphatic heterocycles. The maximum atomic E-state index is 13.2. The fraction of sp³-hybridized carbons (Fsp3) is 0.273. The van der Waals surface area contributed by atoms with Crippen LogP contribution in [0.5, 0.6) is 0 Å².